The van der Waals surface area contributed by atoms with Crippen LogP contribution in [-0.2, 0) is 6.18 Å². The Kier molecular flexibility index (Phi) is 2.50. The molecule has 1 radical (unpaired) electrons. The van der Waals surface area contributed by atoms with E-state index in [1.807, 2.05) is 0 Å². The van der Waals surface area contributed by atoms with Crippen molar-refractivity contribution >= 4 is 0 Å². The van der Waals surface area contributed by atoms with Gasteiger partial charge in [-0.25, -0.2) is 0 Å². The van der Waals surface area contributed by atoms with Crippen LogP contribution in [0.3, 0.4) is 0 Å². The molecule has 71 valence electrons. The van der Waals surface area contributed by atoms with Crippen LogP contribution in [0.5, 0.6) is 5.75 Å². The second kappa shape index (κ2) is 3.28. The molecule has 0 amide bonds. The van der Waals surface area contributed by atoms with Gasteiger partial charge in [-0.15, -0.1) is 0 Å². The fraction of sp³-hybridized carbons (Fsp3) is 0.333. The van der Waals surface area contributed by atoms with Crippen LogP contribution in [0, 0.1) is 13.0 Å². The topological polar surface area (TPSA) is 9.23 Å². The molecule has 0 fully saturated rings. The maximum atomic E-state index is 12.3. The van der Waals surface area contributed by atoms with Crippen molar-refractivity contribution in [1.29, 1.82) is 0 Å². The van der Waals surface area contributed by atoms with E-state index in [0.29, 0.717) is 0 Å². The zero-order chi connectivity index (χ0) is 10.1. The first-order valence-electron chi connectivity index (χ1n) is 3.58. The first-order chi connectivity index (χ1) is 5.96. The molecule has 1 aromatic carbocycles. The highest BCUT2D eigenvalue weighted by Gasteiger charge is 2.33. The van der Waals surface area contributed by atoms with E-state index in [1.54, 1.807) is 0 Å². The van der Waals surface area contributed by atoms with Gasteiger partial charge < -0.3 is 4.74 Å². The molecule has 0 aliphatic heterocycles. The summed E-state index contributed by atoms with van der Waals surface area (Å²) in [6, 6.07) is 4.68. The van der Waals surface area contributed by atoms with Crippen molar-refractivity contribution in [3.05, 3.63) is 29.3 Å². The minimum Gasteiger partial charge on any atom is -0.496 e. The normalized spacial score (nSPS) is 11.5. The second-order valence-corrected chi connectivity index (χ2v) is 2.56. The molecule has 0 atom stereocenters. The average molecular weight is 189 g/mol. The third kappa shape index (κ3) is 1.94. The minimum atomic E-state index is -4.34. The molecule has 0 N–H and O–H groups in total. The lowest BCUT2D eigenvalue weighted by atomic mass is 10.1. The molecule has 0 spiro atoms. The number of hydrogen-bond donors (Lipinski definition) is 0. The maximum absolute atomic E-state index is 12.3. The Bertz CT molecular complexity index is 304. The van der Waals surface area contributed by atoms with Crippen molar-refractivity contribution in [3.63, 3.8) is 0 Å². The zero-order valence-electron chi connectivity index (χ0n) is 7.20. The van der Waals surface area contributed by atoms with Crippen LogP contribution in [-0.4, -0.2) is 7.11 Å². The standard InChI is InChI=1S/C9H8F3O/c1-6-7(9(10,11)12)4-3-5-8(6)13-2/h4-5H,1-2H3. The third-order valence-electron chi connectivity index (χ3n) is 1.74. The van der Waals surface area contributed by atoms with Crippen molar-refractivity contribution in [2.24, 2.45) is 0 Å². The highest BCUT2D eigenvalue weighted by molar-refractivity contribution is 5.39. The molecule has 1 nitrogen and oxygen atoms in total. The fourth-order valence-corrected chi connectivity index (χ4v) is 1.06. The summed E-state index contributed by atoms with van der Waals surface area (Å²) in [6.07, 6.45) is -4.34. The van der Waals surface area contributed by atoms with E-state index in [1.165, 1.54) is 20.1 Å². The highest BCUT2D eigenvalue weighted by Crippen LogP contribution is 2.34. The molecule has 1 aromatic rings. The zero-order valence-corrected chi connectivity index (χ0v) is 7.20. The van der Waals surface area contributed by atoms with E-state index < -0.39 is 11.7 Å². The van der Waals surface area contributed by atoms with Crippen LogP contribution in [0.4, 0.5) is 13.2 Å². The summed E-state index contributed by atoms with van der Waals surface area (Å²) in [6.45, 7) is 1.37. The highest BCUT2D eigenvalue weighted by atomic mass is 19.4. The van der Waals surface area contributed by atoms with Gasteiger partial charge in [0.05, 0.1) is 12.7 Å². The second-order valence-electron chi connectivity index (χ2n) is 2.56. The molecule has 0 saturated carbocycles. The molecule has 0 aromatic heterocycles. The van der Waals surface area contributed by atoms with Gasteiger partial charge in [-0.05, 0) is 25.1 Å². The van der Waals surface area contributed by atoms with E-state index in [9.17, 15) is 13.2 Å². The molecule has 13 heavy (non-hydrogen) atoms. The lowest BCUT2D eigenvalue weighted by Crippen LogP contribution is -2.08. The van der Waals surface area contributed by atoms with E-state index in [-0.39, 0.29) is 11.3 Å². The predicted octanol–water partition coefficient (Wildman–Crippen LogP) is 2.82. The maximum Gasteiger partial charge on any atom is 0.416 e. The molecule has 0 bridgehead atoms. The number of hydrogen-bond acceptors (Lipinski definition) is 1. The van der Waals surface area contributed by atoms with E-state index in [0.717, 1.165) is 6.07 Å². The molecule has 1 rings (SSSR count). The van der Waals surface area contributed by atoms with Crippen molar-refractivity contribution < 1.29 is 17.9 Å². The van der Waals surface area contributed by atoms with E-state index in [2.05, 4.69) is 6.07 Å². The Balaban J connectivity index is 3.24. The molecule has 0 heterocycles. The minimum absolute atomic E-state index is 0.0914. The Labute approximate surface area is 74.1 Å². The average Bonchev–Trinajstić information content (AvgIpc) is 2.02. The number of methoxy groups -OCH3 is 1. The van der Waals surface area contributed by atoms with E-state index >= 15 is 0 Å². The van der Waals surface area contributed by atoms with Crippen LogP contribution in [0.1, 0.15) is 11.1 Å². The summed E-state index contributed by atoms with van der Waals surface area (Å²) in [5.74, 6) is 0.204. The quantitative estimate of drug-likeness (QED) is 0.660. The first kappa shape index (κ1) is 9.89. The summed E-state index contributed by atoms with van der Waals surface area (Å²) in [4.78, 5) is 0. The number of ether oxygens (including phenoxy) is 1. The van der Waals surface area contributed by atoms with Gasteiger partial charge in [-0.3, -0.25) is 0 Å². The lowest BCUT2D eigenvalue weighted by molar-refractivity contribution is -0.138. The smallest absolute Gasteiger partial charge is 0.416 e. The van der Waals surface area contributed by atoms with Gasteiger partial charge in [0.15, 0.2) is 0 Å². The molecule has 0 saturated heterocycles. The van der Waals surface area contributed by atoms with Crippen molar-refractivity contribution in [2.45, 2.75) is 13.1 Å². The SMILES string of the molecule is COc1c[c]cc(C(F)(F)F)c1C. The summed E-state index contributed by atoms with van der Waals surface area (Å²) in [5, 5.41) is 0. The third-order valence-corrected chi connectivity index (χ3v) is 1.74. The van der Waals surface area contributed by atoms with Crippen molar-refractivity contribution in [3.8, 4) is 5.75 Å². The number of rotatable bonds is 1. The van der Waals surface area contributed by atoms with Crippen LogP contribution in [0.2, 0.25) is 0 Å². The van der Waals surface area contributed by atoms with Crippen LogP contribution < -0.4 is 4.74 Å². The fourth-order valence-electron chi connectivity index (χ4n) is 1.06. The van der Waals surface area contributed by atoms with Crippen molar-refractivity contribution in [1.82, 2.24) is 0 Å². The summed E-state index contributed by atoms with van der Waals surface area (Å²) < 4.78 is 41.6. The van der Waals surface area contributed by atoms with Crippen LogP contribution >= 0.6 is 0 Å². The van der Waals surface area contributed by atoms with Crippen LogP contribution in [0.25, 0.3) is 0 Å². The largest absolute Gasteiger partial charge is 0.496 e. The van der Waals surface area contributed by atoms with Gasteiger partial charge in [0.2, 0.25) is 0 Å². The van der Waals surface area contributed by atoms with Gasteiger partial charge in [-0.1, -0.05) is 0 Å². The number of benzene rings is 1. The summed E-state index contributed by atoms with van der Waals surface area (Å²) >= 11 is 0. The molecule has 0 unspecified atom stereocenters. The Hall–Kier alpha value is -1.19. The monoisotopic (exact) mass is 189 g/mol. The first-order valence-corrected chi connectivity index (χ1v) is 3.58. The molecule has 0 aliphatic rings. The summed E-state index contributed by atoms with van der Waals surface area (Å²) in [7, 11) is 1.33. The Morgan fingerprint density at radius 1 is 1.31 bits per heavy atom. The summed E-state index contributed by atoms with van der Waals surface area (Å²) in [5.41, 5.74) is -0.611. The molecule has 0 aliphatic carbocycles. The Morgan fingerprint density at radius 3 is 2.38 bits per heavy atom. The van der Waals surface area contributed by atoms with Gasteiger partial charge >= 0.3 is 6.18 Å². The van der Waals surface area contributed by atoms with E-state index in [4.69, 9.17) is 4.74 Å². The van der Waals surface area contributed by atoms with Gasteiger partial charge in [0, 0.05) is 5.56 Å². The lowest BCUT2D eigenvalue weighted by Gasteiger charge is -2.12. The number of alkyl halides is 3. The Morgan fingerprint density at radius 2 is 1.92 bits per heavy atom. The van der Waals surface area contributed by atoms with Crippen molar-refractivity contribution in [2.75, 3.05) is 7.11 Å². The van der Waals surface area contributed by atoms with Crippen LogP contribution in [0.15, 0.2) is 12.1 Å². The number of halogens is 3. The van der Waals surface area contributed by atoms with Gasteiger partial charge in [0.25, 0.3) is 0 Å². The predicted molar refractivity (Wildman–Crippen MR) is 41.6 cm³/mol. The van der Waals surface area contributed by atoms with Gasteiger partial charge in [-0.2, -0.15) is 13.2 Å². The molecular formula is C9H8F3O. The van der Waals surface area contributed by atoms with Gasteiger partial charge in [0.1, 0.15) is 5.75 Å². The molecule has 4 heteroatoms. The molecular weight excluding hydrogens is 181 g/mol.